The minimum absolute atomic E-state index is 0.0728. The lowest BCUT2D eigenvalue weighted by molar-refractivity contribution is 0.0955. The van der Waals surface area contributed by atoms with Crippen molar-refractivity contribution in [2.24, 2.45) is 0 Å². The van der Waals surface area contributed by atoms with E-state index in [4.69, 9.17) is 16.7 Å². The van der Waals surface area contributed by atoms with E-state index in [1.807, 2.05) is 11.4 Å². The summed E-state index contributed by atoms with van der Waals surface area (Å²) in [7, 11) is 0. The Hall–Kier alpha value is -1.32. The number of hydrogen-bond acceptors (Lipinski definition) is 4. The molecule has 0 aromatic carbocycles. The Bertz CT molecular complexity index is 651. The van der Waals surface area contributed by atoms with Crippen LogP contribution in [0.1, 0.15) is 26.5 Å². The summed E-state index contributed by atoms with van der Waals surface area (Å²) in [6.45, 7) is 0.546. The van der Waals surface area contributed by atoms with Crippen LogP contribution in [0.4, 0.5) is 0 Å². The first-order valence-corrected chi connectivity index (χ1v) is 7.97. The molecule has 0 spiro atoms. The van der Waals surface area contributed by atoms with E-state index in [9.17, 15) is 4.79 Å². The minimum atomic E-state index is -0.122. The second-order valence-electron chi connectivity index (χ2n) is 3.86. The molecule has 2 aromatic heterocycles. The zero-order valence-corrected chi connectivity index (χ0v) is 12.9. The van der Waals surface area contributed by atoms with Crippen LogP contribution in [0.2, 0.25) is 4.34 Å². The van der Waals surface area contributed by atoms with Crippen molar-refractivity contribution < 1.29 is 9.90 Å². The number of carbonyl (C=O) groups excluding carboxylic acids is 1. The summed E-state index contributed by atoms with van der Waals surface area (Å²) in [4.78, 5) is 13.5. The normalized spacial score (nSPS) is 9.90. The average Bonchev–Trinajstić information content (AvgIpc) is 3.05. The number of halogens is 1. The Morgan fingerprint density at radius 3 is 3.00 bits per heavy atom. The van der Waals surface area contributed by atoms with Gasteiger partial charge >= 0.3 is 0 Å². The highest BCUT2D eigenvalue weighted by Crippen LogP contribution is 2.21. The number of nitrogens with one attached hydrogen (secondary N) is 1. The molecule has 0 atom stereocenters. The van der Waals surface area contributed by atoms with Crippen LogP contribution >= 0.6 is 34.3 Å². The lowest BCUT2D eigenvalue weighted by Crippen LogP contribution is -2.21. The third-order valence-corrected chi connectivity index (χ3v) is 4.51. The van der Waals surface area contributed by atoms with Crippen LogP contribution in [0.3, 0.4) is 0 Å². The number of aliphatic hydroxyl groups excluding tert-OH is 1. The molecule has 0 saturated carbocycles. The third-order valence-electron chi connectivity index (χ3n) is 2.34. The summed E-state index contributed by atoms with van der Waals surface area (Å²) in [6.07, 6.45) is 0.473. The first-order valence-electron chi connectivity index (χ1n) is 5.89. The van der Waals surface area contributed by atoms with Gasteiger partial charge in [0.2, 0.25) is 0 Å². The van der Waals surface area contributed by atoms with E-state index >= 15 is 0 Å². The molecule has 2 heterocycles. The molecular formula is C14H12ClNO2S2. The topological polar surface area (TPSA) is 49.3 Å². The van der Waals surface area contributed by atoms with Crippen LogP contribution in [-0.2, 0) is 6.54 Å². The predicted molar refractivity (Wildman–Crippen MR) is 83.4 cm³/mol. The first-order chi connectivity index (χ1) is 9.69. The highest BCUT2D eigenvalue weighted by Gasteiger charge is 2.08. The number of carbonyl (C=O) groups is 1. The van der Waals surface area contributed by atoms with Gasteiger partial charge in [0.1, 0.15) is 0 Å². The standard InChI is InChI=1S/C14H12ClNO2S2/c15-13-5-4-12(20-13)14(18)16-8-11-7-10(9-19-11)3-1-2-6-17/h4-5,7,9,17H,2,6,8H2,(H,16,18). The van der Waals surface area contributed by atoms with E-state index in [0.29, 0.717) is 22.2 Å². The molecule has 0 aliphatic rings. The second kappa shape index (κ2) is 7.46. The Kier molecular flexibility index (Phi) is 5.62. The van der Waals surface area contributed by atoms with Gasteiger partial charge in [-0.2, -0.15) is 0 Å². The quantitative estimate of drug-likeness (QED) is 0.848. The lowest BCUT2D eigenvalue weighted by Gasteiger charge is -2.00. The number of amides is 1. The predicted octanol–water partition coefficient (Wildman–Crippen LogP) is 3.13. The van der Waals surface area contributed by atoms with E-state index in [-0.39, 0.29) is 12.5 Å². The van der Waals surface area contributed by atoms with Crippen LogP contribution in [0, 0.1) is 11.8 Å². The largest absolute Gasteiger partial charge is 0.395 e. The van der Waals surface area contributed by atoms with Crippen molar-refractivity contribution in [1.29, 1.82) is 0 Å². The fourth-order valence-electron chi connectivity index (χ4n) is 1.45. The molecule has 20 heavy (non-hydrogen) atoms. The summed E-state index contributed by atoms with van der Waals surface area (Å²) in [5.74, 6) is 5.70. The molecule has 0 saturated heterocycles. The van der Waals surface area contributed by atoms with Gasteiger partial charge in [-0.3, -0.25) is 4.79 Å². The number of aliphatic hydroxyl groups is 1. The highest BCUT2D eigenvalue weighted by molar-refractivity contribution is 7.18. The Morgan fingerprint density at radius 2 is 2.30 bits per heavy atom. The Labute approximate surface area is 130 Å². The fourth-order valence-corrected chi connectivity index (χ4v) is 3.17. The van der Waals surface area contributed by atoms with Gasteiger partial charge < -0.3 is 10.4 Å². The maximum atomic E-state index is 11.8. The van der Waals surface area contributed by atoms with Gasteiger partial charge in [-0.15, -0.1) is 22.7 Å². The number of rotatable bonds is 4. The van der Waals surface area contributed by atoms with Crippen molar-refractivity contribution >= 4 is 40.2 Å². The summed E-state index contributed by atoms with van der Waals surface area (Å²) in [5, 5.41) is 13.4. The van der Waals surface area contributed by atoms with Crippen LogP contribution in [-0.4, -0.2) is 17.6 Å². The summed E-state index contributed by atoms with van der Waals surface area (Å²) < 4.78 is 0.604. The molecule has 1 amide bonds. The van der Waals surface area contributed by atoms with Gasteiger partial charge in [0.05, 0.1) is 22.4 Å². The van der Waals surface area contributed by atoms with Crippen LogP contribution < -0.4 is 5.32 Å². The van der Waals surface area contributed by atoms with Gasteiger partial charge in [0, 0.05) is 22.2 Å². The molecule has 0 fully saturated rings. The van der Waals surface area contributed by atoms with E-state index in [0.717, 1.165) is 10.4 Å². The molecular weight excluding hydrogens is 314 g/mol. The zero-order chi connectivity index (χ0) is 14.4. The van der Waals surface area contributed by atoms with Gasteiger partial charge in [-0.25, -0.2) is 0 Å². The molecule has 0 radical (unpaired) electrons. The van der Waals surface area contributed by atoms with Gasteiger partial charge in [-0.05, 0) is 18.2 Å². The molecule has 0 aliphatic heterocycles. The highest BCUT2D eigenvalue weighted by atomic mass is 35.5. The van der Waals surface area contributed by atoms with Crippen molar-refractivity contribution in [2.75, 3.05) is 6.61 Å². The maximum absolute atomic E-state index is 11.8. The molecule has 104 valence electrons. The second-order valence-corrected chi connectivity index (χ2v) is 6.57. The van der Waals surface area contributed by atoms with Crippen molar-refractivity contribution in [2.45, 2.75) is 13.0 Å². The smallest absolute Gasteiger partial charge is 0.261 e. The lowest BCUT2D eigenvalue weighted by atomic mass is 10.3. The van der Waals surface area contributed by atoms with E-state index in [1.165, 1.54) is 11.3 Å². The SMILES string of the molecule is O=C(NCc1cc(C#CCCO)cs1)c1ccc(Cl)s1. The molecule has 0 unspecified atom stereocenters. The van der Waals surface area contributed by atoms with E-state index < -0.39 is 0 Å². The van der Waals surface area contributed by atoms with Crippen molar-refractivity contribution in [1.82, 2.24) is 5.32 Å². The zero-order valence-electron chi connectivity index (χ0n) is 10.5. The van der Waals surface area contributed by atoms with Crippen LogP contribution in [0.15, 0.2) is 23.6 Å². The molecule has 2 rings (SSSR count). The van der Waals surface area contributed by atoms with Gasteiger partial charge in [0.25, 0.3) is 5.91 Å². The monoisotopic (exact) mass is 325 g/mol. The summed E-state index contributed by atoms with van der Waals surface area (Å²) in [5.41, 5.74) is 0.909. The summed E-state index contributed by atoms with van der Waals surface area (Å²) in [6, 6.07) is 5.36. The van der Waals surface area contributed by atoms with E-state index in [1.54, 1.807) is 23.5 Å². The van der Waals surface area contributed by atoms with Gasteiger partial charge in [0.15, 0.2) is 0 Å². The molecule has 2 N–H and O–H groups in total. The molecule has 2 aromatic rings. The molecule has 0 aliphatic carbocycles. The van der Waals surface area contributed by atoms with Crippen LogP contribution in [0.25, 0.3) is 0 Å². The molecule has 3 nitrogen and oxygen atoms in total. The van der Waals surface area contributed by atoms with Crippen LogP contribution in [0.5, 0.6) is 0 Å². The molecule has 0 bridgehead atoms. The van der Waals surface area contributed by atoms with Crippen molar-refractivity contribution in [3.05, 3.63) is 43.2 Å². The average molecular weight is 326 g/mol. The Morgan fingerprint density at radius 1 is 1.45 bits per heavy atom. The maximum Gasteiger partial charge on any atom is 0.261 e. The fraction of sp³-hybridized carbons (Fsp3) is 0.214. The van der Waals surface area contributed by atoms with Crippen molar-refractivity contribution in [3.8, 4) is 11.8 Å². The van der Waals surface area contributed by atoms with Crippen molar-refractivity contribution in [3.63, 3.8) is 0 Å². The first kappa shape index (κ1) is 15.1. The Balaban J connectivity index is 1.88. The minimum Gasteiger partial charge on any atom is -0.395 e. The number of hydrogen-bond donors (Lipinski definition) is 2. The molecule has 6 heteroatoms. The van der Waals surface area contributed by atoms with E-state index in [2.05, 4.69) is 17.2 Å². The summed E-state index contributed by atoms with van der Waals surface area (Å²) >= 11 is 8.60. The van der Waals surface area contributed by atoms with Gasteiger partial charge in [-0.1, -0.05) is 23.4 Å². The third kappa shape index (κ3) is 4.36. The number of thiophene rings is 2.